The molecule has 1 heterocycles. The minimum atomic E-state index is -0.664. The van der Waals surface area contributed by atoms with Crippen molar-refractivity contribution in [2.45, 2.75) is 25.9 Å². The van der Waals surface area contributed by atoms with E-state index < -0.39 is 12.1 Å². The fourth-order valence-corrected chi connectivity index (χ4v) is 1.96. The fraction of sp³-hybridized carbons (Fsp3) is 0.385. The molecule has 2 atom stereocenters. The second-order valence-electron chi connectivity index (χ2n) is 4.17. The largest absolute Gasteiger partial charge is 0.466 e. The van der Waals surface area contributed by atoms with Crippen LogP contribution in [0.4, 0.5) is 0 Å². The van der Waals surface area contributed by atoms with Gasteiger partial charge in [0.05, 0.1) is 18.7 Å². The first-order chi connectivity index (χ1) is 8.13. The molecule has 1 unspecified atom stereocenters. The molecule has 0 bridgehead atoms. The normalized spacial score (nSPS) is 22.9. The van der Waals surface area contributed by atoms with E-state index in [1.54, 1.807) is 0 Å². The van der Waals surface area contributed by atoms with Crippen molar-refractivity contribution < 1.29 is 14.4 Å². The second kappa shape index (κ2) is 4.57. The van der Waals surface area contributed by atoms with Crippen LogP contribution in [0.25, 0.3) is 0 Å². The van der Waals surface area contributed by atoms with E-state index in [9.17, 15) is 4.79 Å². The number of ether oxygens (including phenoxy) is 1. The average molecular weight is 233 g/mol. The van der Waals surface area contributed by atoms with Crippen LogP contribution in [0.15, 0.2) is 29.4 Å². The Labute approximate surface area is 100 Å². The van der Waals surface area contributed by atoms with Gasteiger partial charge in [0.15, 0.2) is 0 Å². The van der Waals surface area contributed by atoms with Crippen molar-refractivity contribution in [3.05, 3.63) is 35.4 Å². The highest BCUT2D eigenvalue weighted by molar-refractivity contribution is 5.95. The van der Waals surface area contributed by atoms with Crippen molar-refractivity contribution in [3.8, 4) is 0 Å². The van der Waals surface area contributed by atoms with Gasteiger partial charge < -0.3 is 9.57 Å². The van der Waals surface area contributed by atoms with Crippen molar-refractivity contribution in [2.75, 3.05) is 7.11 Å². The summed E-state index contributed by atoms with van der Waals surface area (Å²) in [5.41, 5.74) is 2.99. The van der Waals surface area contributed by atoms with Crippen LogP contribution in [0.5, 0.6) is 0 Å². The lowest BCUT2D eigenvalue weighted by molar-refractivity contribution is -0.153. The van der Waals surface area contributed by atoms with E-state index in [1.165, 1.54) is 12.7 Å². The Balaban J connectivity index is 2.30. The van der Waals surface area contributed by atoms with Gasteiger partial charge in [0.25, 0.3) is 0 Å². The van der Waals surface area contributed by atoms with E-state index in [4.69, 9.17) is 9.57 Å². The van der Waals surface area contributed by atoms with Gasteiger partial charge in [-0.1, -0.05) is 35.0 Å². The summed E-state index contributed by atoms with van der Waals surface area (Å²) >= 11 is 0. The summed E-state index contributed by atoms with van der Waals surface area (Å²) in [5.74, 6) is -0.542. The molecule has 2 rings (SSSR count). The number of carbonyl (C=O) groups is 1. The molecule has 4 heteroatoms. The van der Waals surface area contributed by atoms with Crippen LogP contribution in [-0.2, 0) is 14.4 Å². The molecule has 0 spiro atoms. The number of hydrogen-bond donors (Lipinski definition) is 0. The highest BCUT2D eigenvalue weighted by atomic mass is 16.7. The van der Waals surface area contributed by atoms with E-state index >= 15 is 0 Å². The summed E-state index contributed by atoms with van der Waals surface area (Å²) in [5, 5.41) is 3.88. The highest BCUT2D eigenvalue weighted by Crippen LogP contribution is 2.30. The van der Waals surface area contributed by atoms with Crippen LogP contribution < -0.4 is 0 Å². The number of hydrogen-bond acceptors (Lipinski definition) is 4. The Hall–Kier alpha value is -1.84. The minimum absolute atomic E-state index is 0.150. The van der Waals surface area contributed by atoms with Gasteiger partial charge >= 0.3 is 5.97 Å². The molecule has 0 aromatic heterocycles. The first-order valence-corrected chi connectivity index (χ1v) is 5.48. The van der Waals surface area contributed by atoms with Crippen molar-refractivity contribution in [1.82, 2.24) is 0 Å². The molecule has 0 saturated carbocycles. The zero-order valence-corrected chi connectivity index (χ0v) is 10.1. The Morgan fingerprint density at radius 2 is 1.94 bits per heavy atom. The van der Waals surface area contributed by atoms with Gasteiger partial charge in [-0.2, -0.15) is 0 Å². The third-order valence-corrected chi connectivity index (χ3v) is 2.93. The van der Waals surface area contributed by atoms with Crippen LogP contribution in [0.2, 0.25) is 0 Å². The van der Waals surface area contributed by atoms with Crippen LogP contribution in [0.3, 0.4) is 0 Å². The molecule has 0 radical (unpaired) electrons. The number of nitrogens with zero attached hydrogens (tertiary/aromatic N) is 1. The molecule has 1 aromatic carbocycles. The van der Waals surface area contributed by atoms with Gasteiger partial charge in [0.1, 0.15) is 0 Å². The summed E-state index contributed by atoms with van der Waals surface area (Å²) < 4.78 is 4.72. The van der Waals surface area contributed by atoms with Crippen molar-refractivity contribution in [1.29, 1.82) is 0 Å². The minimum Gasteiger partial charge on any atom is -0.466 e. The zero-order chi connectivity index (χ0) is 12.4. The summed E-state index contributed by atoms with van der Waals surface area (Å²) in [6, 6.07) is 8.00. The Bertz CT molecular complexity index is 450. The summed E-state index contributed by atoms with van der Waals surface area (Å²) in [7, 11) is 1.35. The highest BCUT2D eigenvalue weighted by Gasteiger charge is 2.39. The second-order valence-corrected chi connectivity index (χ2v) is 4.17. The van der Waals surface area contributed by atoms with Gasteiger partial charge in [0, 0.05) is 0 Å². The Morgan fingerprint density at radius 1 is 1.29 bits per heavy atom. The number of esters is 1. The van der Waals surface area contributed by atoms with Crippen LogP contribution >= 0.6 is 0 Å². The molecule has 0 aliphatic carbocycles. The third-order valence-electron chi connectivity index (χ3n) is 2.93. The number of aryl methyl sites for hydroxylation is 1. The maximum Gasteiger partial charge on any atom is 0.351 e. The van der Waals surface area contributed by atoms with E-state index in [0.29, 0.717) is 0 Å². The first-order valence-electron chi connectivity index (χ1n) is 5.48. The van der Waals surface area contributed by atoms with E-state index in [2.05, 4.69) is 5.16 Å². The molecule has 0 N–H and O–H groups in total. The maximum atomic E-state index is 11.6. The van der Waals surface area contributed by atoms with Gasteiger partial charge in [0.2, 0.25) is 6.10 Å². The fourth-order valence-electron chi connectivity index (χ4n) is 1.96. The summed E-state index contributed by atoms with van der Waals surface area (Å²) in [6.07, 6.45) is -0.664. The lowest BCUT2D eigenvalue weighted by Crippen LogP contribution is -2.29. The molecule has 0 saturated heterocycles. The predicted octanol–water partition coefficient (Wildman–Crippen LogP) is 2.03. The van der Waals surface area contributed by atoms with Gasteiger partial charge in [-0.15, -0.1) is 0 Å². The first kappa shape index (κ1) is 11.6. The van der Waals surface area contributed by atoms with Crippen LogP contribution in [0, 0.1) is 6.92 Å². The van der Waals surface area contributed by atoms with Gasteiger partial charge in [-0.3, -0.25) is 0 Å². The summed E-state index contributed by atoms with van der Waals surface area (Å²) in [4.78, 5) is 16.7. The smallest absolute Gasteiger partial charge is 0.351 e. The molecule has 4 nitrogen and oxygen atoms in total. The van der Waals surface area contributed by atoms with E-state index in [0.717, 1.165) is 11.3 Å². The molecular weight excluding hydrogens is 218 g/mol. The lowest BCUT2D eigenvalue weighted by Gasteiger charge is -2.16. The predicted molar refractivity (Wildman–Crippen MR) is 63.9 cm³/mol. The van der Waals surface area contributed by atoms with E-state index in [1.807, 2.05) is 38.1 Å². The molecule has 0 fully saturated rings. The maximum absolute atomic E-state index is 11.6. The SMILES string of the molecule is COC(=O)[C@H]1ON=C(C)C1c1ccc(C)cc1. The molecule has 17 heavy (non-hydrogen) atoms. The van der Waals surface area contributed by atoms with Crippen molar-refractivity contribution >= 4 is 11.7 Å². The van der Waals surface area contributed by atoms with Crippen LogP contribution in [0.1, 0.15) is 24.0 Å². The molecule has 0 amide bonds. The number of benzene rings is 1. The molecule has 1 aliphatic heterocycles. The third kappa shape index (κ3) is 2.16. The molecule has 1 aromatic rings. The number of rotatable bonds is 2. The number of carbonyl (C=O) groups excluding carboxylic acids is 1. The van der Waals surface area contributed by atoms with E-state index in [-0.39, 0.29) is 5.92 Å². The topological polar surface area (TPSA) is 47.9 Å². The van der Waals surface area contributed by atoms with Crippen molar-refractivity contribution in [3.63, 3.8) is 0 Å². The van der Waals surface area contributed by atoms with Crippen LogP contribution in [-0.4, -0.2) is 24.9 Å². The zero-order valence-electron chi connectivity index (χ0n) is 10.1. The van der Waals surface area contributed by atoms with Gasteiger partial charge in [-0.25, -0.2) is 4.79 Å². The van der Waals surface area contributed by atoms with Gasteiger partial charge in [-0.05, 0) is 19.4 Å². The summed E-state index contributed by atoms with van der Waals surface area (Å²) in [6.45, 7) is 3.88. The van der Waals surface area contributed by atoms with Crippen molar-refractivity contribution in [2.24, 2.45) is 5.16 Å². The monoisotopic (exact) mass is 233 g/mol. The number of methoxy groups -OCH3 is 1. The Morgan fingerprint density at radius 3 is 2.53 bits per heavy atom. The average Bonchev–Trinajstić information content (AvgIpc) is 2.71. The molecule has 1 aliphatic rings. The standard InChI is InChI=1S/C13H15NO3/c1-8-4-6-10(7-5-8)11-9(2)14-17-12(11)13(15)16-3/h4-7,11-12H,1-3H3/t11?,12-/m0/s1. The molecule has 90 valence electrons. The lowest BCUT2D eigenvalue weighted by atomic mass is 9.89. The molecular formula is C13H15NO3. The Kier molecular flexibility index (Phi) is 3.13. The number of oxime groups is 1. The quantitative estimate of drug-likeness (QED) is 0.734.